The second-order valence-electron chi connectivity index (χ2n) is 5.29. The molecule has 1 aliphatic heterocycles. The summed E-state index contributed by atoms with van der Waals surface area (Å²) in [7, 11) is 0. The van der Waals surface area contributed by atoms with Gasteiger partial charge in [0.1, 0.15) is 12.4 Å². The zero-order valence-electron chi connectivity index (χ0n) is 13.8. The van der Waals surface area contributed by atoms with E-state index in [0.717, 1.165) is 17.9 Å². The SMILES string of the molecule is I.NC(=NCCc1ccccc1)NCCOc1ccc2c(c1)OCO2. The Morgan fingerprint density at radius 1 is 1.12 bits per heavy atom. The minimum Gasteiger partial charge on any atom is -0.492 e. The number of ether oxygens (including phenoxy) is 3. The van der Waals surface area contributed by atoms with Crippen molar-refractivity contribution in [1.82, 2.24) is 5.32 Å². The van der Waals surface area contributed by atoms with E-state index in [1.54, 1.807) is 0 Å². The number of nitrogens with zero attached hydrogens (tertiary/aromatic N) is 1. The summed E-state index contributed by atoms with van der Waals surface area (Å²) in [6.45, 7) is 1.98. The van der Waals surface area contributed by atoms with Gasteiger partial charge in [0.2, 0.25) is 6.79 Å². The van der Waals surface area contributed by atoms with Gasteiger partial charge in [-0.05, 0) is 24.1 Å². The number of nitrogens with two attached hydrogens (primary N) is 1. The lowest BCUT2D eigenvalue weighted by Gasteiger charge is -2.08. The molecule has 134 valence electrons. The molecule has 0 saturated heterocycles. The van der Waals surface area contributed by atoms with Crippen LogP contribution in [-0.4, -0.2) is 32.4 Å². The normalized spacial score (nSPS) is 12.4. The van der Waals surface area contributed by atoms with Gasteiger partial charge in [-0.3, -0.25) is 4.99 Å². The van der Waals surface area contributed by atoms with Crippen LogP contribution in [0.15, 0.2) is 53.5 Å². The fourth-order valence-corrected chi connectivity index (χ4v) is 2.32. The molecule has 7 heteroatoms. The van der Waals surface area contributed by atoms with E-state index < -0.39 is 0 Å². The minimum absolute atomic E-state index is 0. The number of hydrogen-bond donors (Lipinski definition) is 2. The van der Waals surface area contributed by atoms with Gasteiger partial charge in [0.25, 0.3) is 0 Å². The van der Waals surface area contributed by atoms with Gasteiger partial charge in [-0.2, -0.15) is 0 Å². The molecule has 1 aliphatic rings. The summed E-state index contributed by atoms with van der Waals surface area (Å²) < 4.78 is 16.2. The van der Waals surface area contributed by atoms with Gasteiger partial charge >= 0.3 is 0 Å². The number of aliphatic imine (C=N–C) groups is 1. The van der Waals surface area contributed by atoms with Crippen molar-refractivity contribution in [3.05, 3.63) is 54.1 Å². The van der Waals surface area contributed by atoms with Crippen molar-refractivity contribution in [3.8, 4) is 17.2 Å². The molecule has 2 aromatic carbocycles. The van der Waals surface area contributed by atoms with Crippen LogP contribution >= 0.6 is 24.0 Å². The van der Waals surface area contributed by atoms with Crippen molar-refractivity contribution < 1.29 is 14.2 Å². The van der Waals surface area contributed by atoms with Crippen LogP contribution in [0.2, 0.25) is 0 Å². The Morgan fingerprint density at radius 2 is 1.92 bits per heavy atom. The fraction of sp³-hybridized carbons (Fsp3) is 0.278. The van der Waals surface area contributed by atoms with E-state index in [4.69, 9.17) is 19.9 Å². The van der Waals surface area contributed by atoms with Crippen LogP contribution in [0, 0.1) is 0 Å². The number of halogens is 1. The van der Waals surface area contributed by atoms with Crippen LogP contribution in [0.25, 0.3) is 0 Å². The van der Waals surface area contributed by atoms with Crippen LogP contribution in [-0.2, 0) is 6.42 Å². The van der Waals surface area contributed by atoms with Crippen LogP contribution in [0.4, 0.5) is 0 Å². The van der Waals surface area contributed by atoms with Crippen molar-refractivity contribution in [2.45, 2.75) is 6.42 Å². The van der Waals surface area contributed by atoms with E-state index in [0.29, 0.717) is 31.4 Å². The number of hydrogen-bond acceptors (Lipinski definition) is 4. The van der Waals surface area contributed by atoms with Crippen LogP contribution in [0.5, 0.6) is 17.2 Å². The highest BCUT2D eigenvalue weighted by Gasteiger charge is 2.13. The number of benzene rings is 2. The van der Waals surface area contributed by atoms with E-state index in [1.165, 1.54) is 5.56 Å². The van der Waals surface area contributed by atoms with Crippen molar-refractivity contribution in [1.29, 1.82) is 0 Å². The molecule has 2 aromatic rings. The Bertz CT molecular complexity index is 695. The van der Waals surface area contributed by atoms with Crippen LogP contribution in [0.3, 0.4) is 0 Å². The monoisotopic (exact) mass is 455 g/mol. The molecule has 0 atom stereocenters. The molecule has 0 saturated carbocycles. The van der Waals surface area contributed by atoms with Crippen molar-refractivity contribution >= 4 is 29.9 Å². The van der Waals surface area contributed by atoms with Crippen molar-refractivity contribution in [2.75, 3.05) is 26.5 Å². The topological polar surface area (TPSA) is 78.1 Å². The molecule has 25 heavy (non-hydrogen) atoms. The van der Waals surface area contributed by atoms with Gasteiger partial charge in [0.15, 0.2) is 17.5 Å². The van der Waals surface area contributed by atoms with Gasteiger partial charge in [0.05, 0.1) is 6.54 Å². The molecule has 1 heterocycles. The van der Waals surface area contributed by atoms with Crippen LogP contribution in [0.1, 0.15) is 5.56 Å². The van der Waals surface area contributed by atoms with Gasteiger partial charge in [-0.1, -0.05) is 30.3 Å². The summed E-state index contributed by atoms with van der Waals surface area (Å²) in [5.41, 5.74) is 7.09. The number of rotatable bonds is 7. The Hall–Kier alpha value is -2.16. The molecule has 0 unspecified atom stereocenters. The first-order valence-corrected chi connectivity index (χ1v) is 7.91. The Morgan fingerprint density at radius 3 is 2.76 bits per heavy atom. The molecule has 0 bridgehead atoms. The first-order chi connectivity index (χ1) is 11.8. The van der Waals surface area contributed by atoms with Gasteiger partial charge in [-0.15, -0.1) is 24.0 Å². The summed E-state index contributed by atoms with van der Waals surface area (Å²) in [6, 6.07) is 15.7. The lowest BCUT2D eigenvalue weighted by Crippen LogP contribution is -2.34. The number of fused-ring (bicyclic) bond motifs is 1. The predicted octanol–water partition coefficient (Wildman–Crippen LogP) is 2.56. The first-order valence-electron chi connectivity index (χ1n) is 7.91. The molecule has 3 N–H and O–H groups in total. The Balaban J connectivity index is 0.00000225. The largest absolute Gasteiger partial charge is 0.492 e. The zero-order chi connectivity index (χ0) is 16.6. The first kappa shape index (κ1) is 19.2. The van der Waals surface area contributed by atoms with E-state index >= 15 is 0 Å². The van der Waals surface area contributed by atoms with E-state index in [1.807, 2.05) is 36.4 Å². The average Bonchev–Trinajstić information content (AvgIpc) is 3.07. The third kappa shape index (κ3) is 6.00. The molecular formula is C18H22IN3O3. The molecule has 0 amide bonds. The minimum atomic E-state index is 0. The summed E-state index contributed by atoms with van der Waals surface area (Å²) in [5, 5.41) is 3.04. The molecule has 0 radical (unpaired) electrons. The number of nitrogens with one attached hydrogen (secondary N) is 1. The summed E-state index contributed by atoms with van der Waals surface area (Å²) in [6.07, 6.45) is 0.872. The molecule has 0 aromatic heterocycles. The standard InChI is InChI=1S/C18H21N3O3.HI/c19-18(20-9-8-14-4-2-1-3-5-14)21-10-11-22-15-6-7-16-17(12-15)24-13-23-16;/h1-7,12H,8-11,13H2,(H3,19,20,21);1H. The van der Waals surface area contributed by atoms with Gasteiger partial charge in [-0.25, -0.2) is 0 Å². The molecule has 0 aliphatic carbocycles. The highest BCUT2D eigenvalue weighted by atomic mass is 127. The fourth-order valence-electron chi connectivity index (χ4n) is 2.32. The smallest absolute Gasteiger partial charge is 0.231 e. The summed E-state index contributed by atoms with van der Waals surface area (Å²) >= 11 is 0. The summed E-state index contributed by atoms with van der Waals surface area (Å²) in [5.74, 6) is 2.62. The second-order valence-corrected chi connectivity index (χ2v) is 5.29. The lowest BCUT2D eigenvalue weighted by molar-refractivity contribution is 0.173. The Labute approximate surface area is 164 Å². The Kier molecular flexibility index (Phi) is 7.65. The van der Waals surface area contributed by atoms with E-state index in [9.17, 15) is 0 Å². The maximum Gasteiger partial charge on any atom is 0.231 e. The quantitative estimate of drug-likeness (QED) is 0.291. The predicted molar refractivity (Wildman–Crippen MR) is 108 cm³/mol. The molecule has 3 rings (SSSR count). The molecule has 0 spiro atoms. The summed E-state index contributed by atoms with van der Waals surface area (Å²) in [4.78, 5) is 4.30. The van der Waals surface area contributed by atoms with Crippen LogP contribution < -0.4 is 25.3 Å². The zero-order valence-corrected chi connectivity index (χ0v) is 16.1. The van der Waals surface area contributed by atoms with Crippen molar-refractivity contribution in [3.63, 3.8) is 0 Å². The highest BCUT2D eigenvalue weighted by Crippen LogP contribution is 2.34. The maximum absolute atomic E-state index is 5.84. The molecule has 0 fully saturated rings. The second kappa shape index (κ2) is 9.97. The highest BCUT2D eigenvalue weighted by molar-refractivity contribution is 14.0. The molecule has 6 nitrogen and oxygen atoms in total. The third-order valence-electron chi connectivity index (χ3n) is 3.55. The van der Waals surface area contributed by atoms with E-state index in [-0.39, 0.29) is 30.8 Å². The number of guanidine groups is 1. The van der Waals surface area contributed by atoms with Crippen molar-refractivity contribution in [2.24, 2.45) is 10.7 Å². The third-order valence-corrected chi connectivity index (χ3v) is 3.55. The maximum atomic E-state index is 5.84. The molecular weight excluding hydrogens is 433 g/mol. The van der Waals surface area contributed by atoms with Gasteiger partial charge < -0.3 is 25.3 Å². The lowest BCUT2D eigenvalue weighted by atomic mass is 10.2. The van der Waals surface area contributed by atoms with Gasteiger partial charge in [0, 0.05) is 12.6 Å². The van der Waals surface area contributed by atoms with E-state index in [2.05, 4.69) is 22.4 Å². The average molecular weight is 455 g/mol.